The van der Waals surface area contributed by atoms with E-state index in [0.717, 1.165) is 6.07 Å². The largest absolute Gasteiger partial charge is 0.491 e. The zero-order valence-electron chi connectivity index (χ0n) is 13.2. The first kappa shape index (κ1) is 19.0. The maximum Gasteiger partial charge on any atom is 0.227 e. The van der Waals surface area contributed by atoms with Crippen molar-refractivity contribution < 1.29 is 18.7 Å². The summed E-state index contributed by atoms with van der Waals surface area (Å²) in [6, 6.07) is 8.68. The van der Waals surface area contributed by atoms with Gasteiger partial charge in [0.05, 0.1) is 23.7 Å². The van der Waals surface area contributed by atoms with Gasteiger partial charge in [-0.15, -0.1) is 0 Å². The van der Waals surface area contributed by atoms with Gasteiger partial charge in [-0.2, -0.15) is 0 Å². The summed E-state index contributed by atoms with van der Waals surface area (Å²) in [5.41, 5.74) is 0.356. The summed E-state index contributed by atoms with van der Waals surface area (Å²) < 4.78 is 19.0. The maximum atomic E-state index is 13.6. The molecule has 0 bridgehead atoms. The van der Waals surface area contributed by atoms with Gasteiger partial charge in [0.15, 0.2) is 0 Å². The van der Waals surface area contributed by atoms with E-state index in [-0.39, 0.29) is 24.6 Å². The third-order valence-electron chi connectivity index (χ3n) is 3.04. The molecule has 0 aliphatic heterocycles. The Labute approximate surface area is 154 Å². The maximum absolute atomic E-state index is 13.6. The Kier molecular flexibility index (Phi) is 6.61. The molecule has 0 fully saturated rings. The summed E-state index contributed by atoms with van der Waals surface area (Å²) in [7, 11) is 0. The number of halogens is 3. The van der Waals surface area contributed by atoms with Crippen molar-refractivity contribution in [1.29, 1.82) is 0 Å². The van der Waals surface area contributed by atoms with E-state index in [1.807, 2.05) is 0 Å². The van der Waals surface area contributed by atoms with E-state index in [9.17, 15) is 14.0 Å². The average molecular weight is 385 g/mol. The van der Waals surface area contributed by atoms with E-state index in [1.54, 1.807) is 18.2 Å². The van der Waals surface area contributed by atoms with Crippen molar-refractivity contribution in [2.24, 2.45) is 0 Å². The number of amides is 2. The number of anilines is 2. The second-order valence-corrected chi connectivity index (χ2v) is 5.94. The number of hydrogen-bond donors (Lipinski definition) is 2. The van der Waals surface area contributed by atoms with Gasteiger partial charge in [-0.25, -0.2) is 4.39 Å². The number of rotatable bonds is 6. The molecule has 0 radical (unpaired) electrons. The highest BCUT2D eigenvalue weighted by molar-refractivity contribution is 6.35. The highest BCUT2D eigenvalue weighted by Crippen LogP contribution is 2.27. The first-order chi connectivity index (χ1) is 11.8. The van der Waals surface area contributed by atoms with Crippen LogP contribution in [0.3, 0.4) is 0 Å². The van der Waals surface area contributed by atoms with Crippen LogP contribution in [-0.4, -0.2) is 18.4 Å². The van der Waals surface area contributed by atoms with Crippen molar-refractivity contribution in [1.82, 2.24) is 0 Å². The van der Waals surface area contributed by atoms with E-state index in [1.165, 1.54) is 19.1 Å². The van der Waals surface area contributed by atoms with E-state index < -0.39 is 11.7 Å². The van der Waals surface area contributed by atoms with Crippen molar-refractivity contribution in [3.05, 3.63) is 52.3 Å². The smallest absolute Gasteiger partial charge is 0.227 e. The molecule has 2 aromatic carbocycles. The quantitative estimate of drug-likeness (QED) is 0.770. The van der Waals surface area contributed by atoms with Crippen LogP contribution >= 0.6 is 23.2 Å². The molecule has 8 heteroatoms. The van der Waals surface area contributed by atoms with Gasteiger partial charge in [0.1, 0.15) is 11.6 Å². The molecule has 0 saturated carbocycles. The molecular formula is C17H15Cl2FN2O3. The molecule has 0 heterocycles. The highest BCUT2D eigenvalue weighted by Gasteiger charge is 2.09. The summed E-state index contributed by atoms with van der Waals surface area (Å²) in [6.07, 6.45) is 0.0613. The predicted molar refractivity (Wildman–Crippen MR) is 95.9 cm³/mol. The number of nitrogens with one attached hydrogen (secondary N) is 2. The van der Waals surface area contributed by atoms with Gasteiger partial charge >= 0.3 is 0 Å². The number of benzene rings is 2. The molecule has 5 nitrogen and oxygen atoms in total. The summed E-state index contributed by atoms with van der Waals surface area (Å²) in [6.45, 7) is 1.37. The van der Waals surface area contributed by atoms with Crippen molar-refractivity contribution in [2.75, 3.05) is 17.2 Å². The number of ether oxygens (including phenoxy) is 1. The highest BCUT2D eigenvalue weighted by atomic mass is 35.5. The van der Waals surface area contributed by atoms with Crippen LogP contribution < -0.4 is 15.4 Å². The van der Waals surface area contributed by atoms with Crippen molar-refractivity contribution in [3.63, 3.8) is 0 Å². The van der Waals surface area contributed by atoms with E-state index in [0.29, 0.717) is 21.5 Å². The first-order valence-electron chi connectivity index (χ1n) is 7.30. The van der Waals surface area contributed by atoms with Crippen molar-refractivity contribution >= 4 is 46.4 Å². The normalized spacial score (nSPS) is 10.2. The van der Waals surface area contributed by atoms with Gasteiger partial charge in [0.25, 0.3) is 0 Å². The fraction of sp³-hybridized carbons (Fsp3) is 0.176. The molecule has 0 atom stereocenters. The van der Waals surface area contributed by atoms with E-state index >= 15 is 0 Å². The molecular weight excluding hydrogens is 370 g/mol. The molecule has 2 rings (SSSR count). The molecule has 132 valence electrons. The Bertz CT molecular complexity index is 799. The lowest BCUT2D eigenvalue weighted by molar-refractivity contribution is -0.116. The minimum absolute atomic E-state index is 0.00510. The summed E-state index contributed by atoms with van der Waals surface area (Å²) in [5, 5.41) is 5.79. The minimum atomic E-state index is -0.589. The van der Waals surface area contributed by atoms with Crippen LogP contribution in [0.1, 0.15) is 13.3 Å². The molecule has 0 saturated heterocycles. The predicted octanol–water partition coefficient (Wildman–Crippen LogP) is 4.50. The SMILES string of the molecule is CC(=O)Nc1cc(NC(=O)CCOc2ccc(Cl)cc2Cl)ccc1F. The standard InChI is InChI=1S/C17H15Cl2FN2O3/c1-10(23)21-15-9-12(3-4-14(15)20)22-17(24)6-7-25-16-5-2-11(18)8-13(16)19/h2-5,8-9H,6-7H2,1H3,(H,21,23)(H,22,24). The van der Waals surface area contributed by atoms with E-state index in [2.05, 4.69) is 10.6 Å². The Morgan fingerprint density at radius 3 is 2.56 bits per heavy atom. The van der Waals surface area contributed by atoms with Crippen LogP contribution in [0.15, 0.2) is 36.4 Å². The van der Waals surface area contributed by atoms with Crippen LogP contribution in [0.5, 0.6) is 5.75 Å². The lowest BCUT2D eigenvalue weighted by Crippen LogP contribution is -2.16. The molecule has 2 amide bonds. The van der Waals surface area contributed by atoms with Crippen LogP contribution in [0.2, 0.25) is 10.0 Å². The molecule has 2 N–H and O–H groups in total. The summed E-state index contributed by atoms with van der Waals surface area (Å²) >= 11 is 11.8. The van der Waals surface area contributed by atoms with Crippen LogP contribution in [0, 0.1) is 5.82 Å². The fourth-order valence-corrected chi connectivity index (χ4v) is 2.42. The third-order valence-corrected chi connectivity index (χ3v) is 3.57. The van der Waals surface area contributed by atoms with Crippen LogP contribution in [0.4, 0.5) is 15.8 Å². The lowest BCUT2D eigenvalue weighted by Gasteiger charge is -2.10. The number of hydrogen-bond acceptors (Lipinski definition) is 3. The van der Waals surface area contributed by atoms with Gasteiger partial charge in [0, 0.05) is 17.6 Å². The van der Waals surface area contributed by atoms with Gasteiger partial charge < -0.3 is 15.4 Å². The van der Waals surface area contributed by atoms with Gasteiger partial charge in [-0.05, 0) is 36.4 Å². The topological polar surface area (TPSA) is 67.4 Å². The molecule has 0 aromatic heterocycles. The van der Waals surface area contributed by atoms with Crippen molar-refractivity contribution in [3.8, 4) is 5.75 Å². The number of carbonyl (C=O) groups excluding carboxylic acids is 2. The molecule has 25 heavy (non-hydrogen) atoms. The second-order valence-electron chi connectivity index (χ2n) is 5.10. The van der Waals surface area contributed by atoms with Crippen molar-refractivity contribution in [2.45, 2.75) is 13.3 Å². The molecule has 0 unspecified atom stereocenters. The zero-order chi connectivity index (χ0) is 18.4. The second kappa shape index (κ2) is 8.69. The minimum Gasteiger partial charge on any atom is -0.491 e. The van der Waals surface area contributed by atoms with E-state index in [4.69, 9.17) is 27.9 Å². The lowest BCUT2D eigenvalue weighted by atomic mass is 10.2. The van der Waals surface area contributed by atoms with Gasteiger partial charge in [0.2, 0.25) is 11.8 Å². The Morgan fingerprint density at radius 2 is 1.88 bits per heavy atom. The summed E-state index contributed by atoms with van der Waals surface area (Å²) in [4.78, 5) is 23.0. The Balaban J connectivity index is 1.88. The Hall–Kier alpha value is -2.31. The van der Waals surface area contributed by atoms with Crippen LogP contribution in [0.25, 0.3) is 0 Å². The summed E-state index contributed by atoms with van der Waals surface area (Å²) in [5.74, 6) is -0.899. The first-order valence-corrected chi connectivity index (χ1v) is 8.05. The number of carbonyl (C=O) groups is 2. The molecule has 2 aromatic rings. The van der Waals surface area contributed by atoms with Gasteiger partial charge in [-0.3, -0.25) is 9.59 Å². The monoisotopic (exact) mass is 384 g/mol. The van der Waals surface area contributed by atoms with Crippen LogP contribution in [-0.2, 0) is 9.59 Å². The zero-order valence-corrected chi connectivity index (χ0v) is 14.7. The third kappa shape index (κ3) is 5.92. The molecule has 0 aliphatic rings. The van der Waals surface area contributed by atoms with Gasteiger partial charge in [-0.1, -0.05) is 23.2 Å². The average Bonchev–Trinajstić information content (AvgIpc) is 2.52. The molecule has 0 spiro atoms. The molecule has 0 aliphatic carbocycles. The Morgan fingerprint density at radius 1 is 1.12 bits per heavy atom. The fourth-order valence-electron chi connectivity index (χ4n) is 1.96.